The van der Waals surface area contributed by atoms with Gasteiger partial charge in [0.05, 0.1) is 0 Å². The maximum atomic E-state index is 11.2. The fourth-order valence-electron chi connectivity index (χ4n) is 2.99. The fourth-order valence-corrected chi connectivity index (χ4v) is 2.99. The molecule has 0 aromatic carbocycles. The van der Waals surface area contributed by atoms with Gasteiger partial charge in [0.15, 0.2) is 0 Å². The summed E-state index contributed by atoms with van der Waals surface area (Å²) in [6.07, 6.45) is 13.6. The van der Waals surface area contributed by atoms with Gasteiger partial charge in [0.2, 0.25) is 0 Å². The Morgan fingerprint density at radius 1 is 1.05 bits per heavy atom. The van der Waals surface area contributed by atoms with Gasteiger partial charge in [-0.15, -0.1) is 0 Å². The predicted molar refractivity (Wildman–Crippen MR) is 79.5 cm³/mol. The van der Waals surface area contributed by atoms with Crippen molar-refractivity contribution in [3.8, 4) is 0 Å². The molecule has 0 aromatic rings. The van der Waals surface area contributed by atoms with Gasteiger partial charge in [-0.25, -0.2) is 0 Å². The van der Waals surface area contributed by atoms with Crippen molar-refractivity contribution in [2.24, 2.45) is 0 Å². The van der Waals surface area contributed by atoms with E-state index in [1.54, 1.807) is 0 Å². The highest BCUT2D eigenvalue weighted by Crippen LogP contribution is 2.18. The van der Waals surface area contributed by atoms with E-state index in [0.29, 0.717) is 0 Å². The molecule has 0 amide bonds. The van der Waals surface area contributed by atoms with Crippen LogP contribution in [0.2, 0.25) is 0 Å². The van der Waals surface area contributed by atoms with E-state index < -0.39 is 5.97 Å². The quantitative estimate of drug-likeness (QED) is 0.608. The van der Waals surface area contributed by atoms with E-state index in [9.17, 15) is 9.90 Å². The Bertz CT molecular complexity index is 243. The maximum Gasteiger partial charge on any atom is 0.320 e. The standard InChI is InChI=1S/C16H31NO2/c1-2-3-4-5-6-7-8-10-13-17-14-11-9-12-15(17)16(18)19/h15H,2-14H2,1H3,(H,18,19). The first kappa shape index (κ1) is 16.5. The monoisotopic (exact) mass is 269 g/mol. The number of unbranched alkanes of at least 4 members (excludes halogenated alkanes) is 7. The summed E-state index contributed by atoms with van der Waals surface area (Å²) in [4.78, 5) is 13.3. The van der Waals surface area contributed by atoms with Crippen LogP contribution in [-0.2, 0) is 4.79 Å². The molecule has 1 N–H and O–H groups in total. The van der Waals surface area contributed by atoms with Crippen LogP contribution in [0, 0.1) is 0 Å². The number of nitrogens with zero attached hydrogens (tertiary/aromatic N) is 1. The van der Waals surface area contributed by atoms with Gasteiger partial charge in [0.25, 0.3) is 0 Å². The zero-order chi connectivity index (χ0) is 13.9. The molecule has 0 radical (unpaired) electrons. The van der Waals surface area contributed by atoms with Crippen molar-refractivity contribution >= 4 is 5.97 Å². The van der Waals surface area contributed by atoms with Crippen LogP contribution in [0.15, 0.2) is 0 Å². The van der Waals surface area contributed by atoms with Gasteiger partial charge in [-0.1, -0.05) is 58.3 Å². The second-order valence-corrected chi connectivity index (χ2v) is 5.86. The minimum Gasteiger partial charge on any atom is -0.480 e. The highest BCUT2D eigenvalue weighted by atomic mass is 16.4. The maximum absolute atomic E-state index is 11.2. The number of piperidine rings is 1. The molecule has 0 aliphatic carbocycles. The van der Waals surface area contributed by atoms with E-state index in [2.05, 4.69) is 11.8 Å². The molecule has 3 heteroatoms. The van der Waals surface area contributed by atoms with Gasteiger partial charge in [0, 0.05) is 0 Å². The highest BCUT2D eigenvalue weighted by Gasteiger charge is 2.27. The minimum atomic E-state index is -0.626. The Morgan fingerprint density at radius 2 is 1.68 bits per heavy atom. The number of hydrogen-bond acceptors (Lipinski definition) is 2. The van der Waals surface area contributed by atoms with Crippen molar-refractivity contribution in [1.82, 2.24) is 4.90 Å². The van der Waals surface area contributed by atoms with Crippen LogP contribution < -0.4 is 0 Å². The van der Waals surface area contributed by atoms with Gasteiger partial charge in [0.1, 0.15) is 6.04 Å². The summed E-state index contributed by atoms with van der Waals surface area (Å²) in [5.41, 5.74) is 0. The molecule has 3 nitrogen and oxygen atoms in total. The molecule has 0 saturated carbocycles. The summed E-state index contributed by atoms with van der Waals surface area (Å²) in [6, 6.07) is -0.210. The molecule has 1 aliphatic rings. The summed E-state index contributed by atoms with van der Waals surface area (Å²) < 4.78 is 0. The molecule has 1 rings (SSSR count). The Kier molecular flexibility index (Phi) is 8.89. The summed E-state index contributed by atoms with van der Waals surface area (Å²) in [7, 11) is 0. The van der Waals surface area contributed by atoms with Crippen molar-refractivity contribution in [2.45, 2.75) is 83.6 Å². The number of carboxylic acid groups (broad SMARTS) is 1. The lowest BCUT2D eigenvalue weighted by atomic mass is 10.0. The zero-order valence-electron chi connectivity index (χ0n) is 12.6. The van der Waals surface area contributed by atoms with Crippen LogP contribution in [0.1, 0.15) is 77.6 Å². The van der Waals surface area contributed by atoms with E-state index in [1.165, 1.54) is 51.4 Å². The van der Waals surface area contributed by atoms with Crippen LogP contribution in [-0.4, -0.2) is 35.1 Å². The lowest BCUT2D eigenvalue weighted by molar-refractivity contribution is -0.144. The van der Waals surface area contributed by atoms with Crippen molar-refractivity contribution in [3.05, 3.63) is 0 Å². The molecule has 1 unspecified atom stereocenters. The third-order valence-corrected chi connectivity index (χ3v) is 4.20. The topological polar surface area (TPSA) is 40.5 Å². The Labute approximate surface area is 118 Å². The van der Waals surface area contributed by atoms with E-state index in [0.717, 1.165) is 32.4 Å². The summed E-state index contributed by atoms with van der Waals surface area (Å²) in [5, 5.41) is 9.19. The molecule has 1 saturated heterocycles. The van der Waals surface area contributed by atoms with Crippen LogP contribution in [0.5, 0.6) is 0 Å². The normalized spacial score (nSPS) is 20.6. The fraction of sp³-hybridized carbons (Fsp3) is 0.938. The number of rotatable bonds is 10. The number of aliphatic carboxylic acids is 1. The molecule has 1 aliphatic heterocycles. The second kappa shape index (κ2) is 10.2. The summed E-state index contributed by atoms with van der Waals surface area (Å²) in [6.45, 7) is 4.21. The van der Waals surface area contributed by atoms with Crippen LogP contribution in [0.4, 0.5) is 0 Å². The van der Waals surface area contributed by atoms with Crippen molar-refractivity contribution in [3.63, 3.8) is 0 Å². The molecule has 112 valence electrons. The molecule has 0 aromatic heterocycles. The Hall–Kier alpha value is -0.570. The summed E-state index contributed by atoms with van der Waals surface area (Å²) >= 11 is 0. The first-order valence-corrected chi connectivity index (χ1v) is 8.22. The van der Waals surface area contributed by atoms with Gasteiger partial charge in [-0.2, -0.15) is 0 Å². The molecular weight excluding hydrogens is 238 g/mol. The molecular formula is C16H31NO2. The van der Waals surface area contributed by atoms with Crippen LogP contribution >= 0.6 is 0 Å². The summed E-state index contributed by atoms with van der Waals surface area (Å²) in [5.74, 6) is -0.626. The SMILES string of the molecule is CCCCCCCCCCN1CCCCC1C(=O)O. The molecule has 19 heavy (non-hydrogen) atoms. The average Bonchev–Trinajstić information content (AvgIpc) is 2.42. The number of likely N-dealkylation sites (tertiary alicyclic amines) is 1. The lowest BCUT2D eigenvalue weighted by Crippen LogP contribution is -2.44. The van der Waals surface area contributed by atoms with E-state index in [4.69, 9.17) is 0 Å². The minimum absolute atomic E-state index is 0.210. The number of carboxylic acids is 1. The van der Waals surface area contributed by atoms with E-state index >= 15 is 0 Å². The number of hydrogen-bond donors (Lipinski definition) is 1. The van der Waals surface area contributed by atoms with E-state index in [1.807, 2.05) is 0 Å². The molecule has 0 spiro atoms. The number of carbonyl (C=O) groups is 1. The van der Waals surface area contributed by atoms with Crippen LogP contribution in [0.25, 0.3) is 0 Å². The first-order valence-electron chi connectivity index (χ1n) is 8.22. The van der Waals surface area contributed by atoms with Crippen molar-refractivity contribution < 1.29 is 9.90 Å². The lowest BCUT2D eigenvalue weighted by Gasteiger charge is -2.32. The van der Waals surface area contributed by atoms with Gasteiger partial charge >= 0.3 is 5.97 Å². The Balaban J connectivity index is 2.02. The van der Waals surface area contributed by atoms with E-state index in [-0.39, 0.29) is 6.04 Å². The molecule has 1 heterocycles. The highest BCUT2D eigenvalue weighted by molar-refractivity contribution is 5.73. The molecule has 1 fully saturated rings. The molecule has 1 atom stereocenters. The first-order chi connectivity index (χ1) is 9.25. The zero-order valence-corrected chi connectivity index (χ0v) is 12.6. The Morgan fingerprint density at radius 3 is 2.32 bits per heavy atom. The van der Waals surface area contributed by atoms with Crippen LogP contribution in [0.3, 0.4) is 0 Å². The average molecular weight is 269 g/mol. The van der Waals surface area contributed by atoms with Crippen molar-refractivity contribution in [2.75, 3.05) is 13.1 Å². The van der Waals surface area contributed by atoms with Gasteiger partial charge < -0.3 is 5.11 Å². The van der Waals surface area contributed by atoms with Gasteiger partial charge in [-0.05, 0) is 32.4 Å². The third-order valence-electron chi connectivity index (χ3n) is 4.20. The second-order valence-electron chi connectivity index (χ2n) is 5.86. The third kappa shape index (κ3) is 6.95. The largest absolute Gasteiger partial charge is 0.480 e. The smallest absolute Gasteiger partial charge is 0.320 e. The molecule has 0 bridgehead atoms. The van der Waals surface area contributed by atoms with Crippen molar-refractivity contribution in [1.29, 1.82) is 0 Å². The van der Waals surface area contributed by atoms with Gasteiger partial charge in [-0.3, -0.25) is 9.69 Å². The predicted octanol–water partition coefficient (Wildman–Crippen LogP) is 4.07.